The standard InChI is InChI=1S/C8H8O4.C5H12/c9-7-5-3-1-2-4(11-3)6(5)8(10)12-7;1-3-5-4-2/h3-6H,1-2H2;3-5H2,1-2H3. The summed E-state index contributed by atoms with van der Waals surface area (Å²) in [5, 5.41) is 0. The Kier molecular flexibility index (Phi) is 3.82. The molecule has 4 unspecified atom stereocenters. The van der Waals surface area contributed by atoms with Crippen molar-refractivity contribution < 1.29 is 19.1 Å². The number of rotatable bonds is 2. The average molecular weight is 240 g/mol. The third-order valence-electron chi connectivity index (χ3n) is 3.73. The zero-order valence-corrected chi connectivity index (χ0v) is 10.5. The second kappa shape index (κ2) is 5.17. The van der Waals surface area contributed by atoms with Gasteiger partial charge >= 0.3 is 11.9 Å². The molecule has 0 radical (unpaired) electrons. The quantitative estimate of drug-likeness (QED) is 0.547. The Morgan fingerprint density at radius 2 is 1.47 bits per heavy atom. The summed E-state index contributed by atoms with van der Waals surface area (Å²) in [5.41, 5.74) is 0. The largest absolute Gasteiger partial charge is 0.393 e. The molecule has 0 saturated carbocycles. The van der Waals surface area contributed by atoms with E-state index in [9.17, 15) is 9.59 Å². The lowest BCUT2D eigenvalue weighted by Crippen LogP contribution is -2.29. The number of hydrogen-bond donors (Lipinski definition) is 0. The summed E-state index contributed by atoms with van der Waals surface area (Å²) < 4.78 is 10.0. The third-order valence-corrected chi connectivity index (χ3v) is 3.73. The summed E-state index contributed by atoms with van der Waals surface area (Å²) in [6.45, 7) is 4.42. The van der Waals surface area contributed by atoms with Crippen LogP contribution in [0.25, 0.3) is 0 Å². The number of carbonyl (C=O) groups is 2. The number of unbranched alkanes of at least 4 members (excludes halogenated alkanes) is 2. The molecule has 0 aromatic rings. The summed E-state index contributed by atoms with van der Waals surface area (Å²) in [7, 11) is 0. The summed E-state index contributed by atoms with van der Waals surface area (Å²) in [5.74, 6) is -1.32. The number of esters is 2. The van der Waals surface area contributed by atoms with Crippen LogP contribution in [0.3, 0.4) is 0 Å². The molecule has 4 nitrogen and oxygen atoms in total. The van der Waals surface area contributed by atoms with Crippen molar-refractivity contribution in [2.75, 3.05) is 0 Å². The maximum absolute atomic E-state index is 11.1. The lowest BCUT2D eigenvalue weighted by atomic mass is 9.81. The van der Waals surface area contributed by atoms with Crippen LogP contribution < -0.4 is 0 Å². The van der Waals surface area contributed by atoms with Crippen molar-refractivity contribution in [3.05, 3.63) is 0 Å². The van der Waals surface area contributed by atoms with Crippen molar-refractivity contribution in [2.24, 2.45) is 11.8 Å². The lowest BCUT2D eigenvalue weighted by Gasteiger charge is -2.13. The zero-order valence-electron chi connectivity index (χ0n) is 10.5. The van der Waals surface area contributed by atoms with Crippen LogP contribution >= 0.6 is 0 Å². The predicted octanol–water partition coefficient (Wildman–Crippen LogP) is 2.06. The number of hydrogen-bond acceptors (Lipinski definition) is 4. The molecular formula is C13H20O4. The van der Waals surface area contributed by atoms with Crippen LogP contribution in [0.15, 0.2) is 0 Å². The lowest BCUT2D eigenvalue weighted by molar-refractivity contribution is -0.156. The van der Waals surface area contributed by atoms with E-state index < -0.39 is 0 Å². The van der Waals surface area contributed by atoms with Crippen LogP contribution in [0.5, 0.6) is 0 Å². The van der Waals surface area contributed by atoms with Gasteiger partial charge in [-0.05, 0) is 12.8 Å². The first-order valence-corrected chi connectivity index (χ1v) is 6.60. The minimum atomic E-state index is -0.378. The highest BCUT2D eigenvalue weighted by Gasteiger charge is 2.61. The molecule has 0 N–H and O–H groups in total. The molecule has 96 valence electrons. The van der Waals surface area contributed by atoms with Gasteiger partial charge in [0, 0.05) is 0 Å². The smallest absolute Gasteiger partial charge is 0.320 e. The van der Waals surface area contributed by atoms with Gasteiger partial charge in [-0.25, -0.2) is 0 Å². The summed E-state index contributed by atoms with van der Waals surface area (Å²) in [6.07, 6.45) is 5.79. The average Bonchev–Trinajstić information content (AvgIpc) is 2.95. The topological polar surface area (TPSA) is 52.6 Å². The van der Waals surface area contributed by atoms with Gasteiger partial charge in [0.25, 0.3) is 0 Å². The van der Waals surface area contributed by atoms with Crippen LogP contribution in [0, 0.1) is 11.8 Å². The summed E-state index contributed by atoms with van der Waals surface area (Å²) in [4.78, 5) is 22.3. The van der Waals surface area contributed by atoms with E-state index in [1.807, 2.05) is 0 Å². The molecule has 17 heavy (non-hydrogen) atoms. The minimum Gasteiger partial charge on any atom is -0.393 e. The van der Waals surface area contributed by atoms with Gasteiger partial charge in [0.2, 0.25) is 0 Å². The highest BCUT2D eigenvalue weighted by atomic mass is 16.6. The van der Waals surface area contributed by atoms with E-state index in [1.165, 1.54) is 19.3 Å². The van der Waals surface area contributed by atoms with Gasteiger partial charge in [-0.2, -0.15) is 0 Å². The monoisotopic (exact) mass is 240 g/mol. The highest BCUT2D eigenvalue weighted by molar-refractivity contribution is 5.97. The highest BCUT2D eigenvalue weighted by Crippen LogP contribution is 2.47. The van der Waals surface area contributed by atoms with Gasteiger partial charge in [-0.3, -0.25) is 9.59 Å². The van der Waals surface area contributed by atoms with Crippen LogP contribution in [-0.2, 0) is 19.1 Å². The first-order chi connectivity index (χ1) is 8.19. The normalized spacial score (nSPS) is 37.5. The minimum absolute atomic E-state index is 0.0426. The van der Waals surface area contributed by atoms with Gasteiger partial charge in [0.1, 0.15) is 0 Å². The van der Waals surface area contributed by atoms with E-state index in [0.29, 0.717) is 0 Å². The van der Waals surface area contributed by atoms with Gasteiger partial charge in [-0.15, -0.1) is 0 Å². The fraction of sp³-hybridized carbons (Fsp3) is 0.846. The first kappa shape index (κ1) is 12.6. The Labute approximate surface area is 102 Å². The number of ether oxygens (including phenoxy) is 2. The van der Waals surface area contributed by atoms with Crippen LogP contribution in [0.4, 0.5) is 0 Å². The Morgan fingerprint density at radius 3 is 1.82 bits per heavy atom. The van der Waals surface area contributed by atoms with Crippen molar-refractivity contribution in [3.63, 3.8) is 0 Å². The second-order valence-electron chi connectivity index (χ2n) is 4.94. The SMILES string of the molecule is CCCCC.O=C1OC(=O)C2C3CCC(O3)C12. The van der Waals surface area contributed by atoms with Crippen molar-refractivity contribution in [1.29, 1.82) is 0 Å². The molecule has 2 bridgehead atoms. The molecule has 0 aromatic heterocycles. The first-order valence-electron chi connectivity index (χ1n) is 6.60. The molecule has 4 atom stereocenters. The zero-order chi connectivity index (χ0) is 12.4. The molecule has 0 aromatic carbocycles. The van der Waals surface area contributed by atoms with Gasteiger partial charge in [0.05, 0.1) is 24.0 Å². The number of fused-ring (bicyclic) bond motifs is 5. The van der Waals surface area contributed by atoms with E-state index in [1.54, 1.807) is 0 Å². The fourth-order valence-corrected chi connectivity index (χ4v) is 2.87. The van der Waals surface area contributed by atoms with Gasteiger partial charge in [0.15, 0.2) is 0 Å². The van der Waals surface area contributed by atoms with Crippen molar-refractivity contribution in [1.82, 2.24) is 0 Å². The van der Waals surface area contributed by atoms with Crippen molar-refractivity contribution in [3.8, 4) is 0 Å². The van der Waals surface area contributed by atoms with Crippen LogP contribution in [0.1, 0.15) is 46.0 Å². The van der Waals surface area contributed by atoms with Crippen LogP contribution in [-0.4, -0.2) is 24.1 Å². The second-order valence-corrected chi connectivity index (χ2v) is 4.94. The molecule has 3 aliphatic heterocycles. The Bertz CT molecular complexity index is 285. The Balaban J connectivity index is 0.000000188. The number of carbonyl (C=O) groups excluding carboxylic acids is 2. The third kappa shape index (κ3) is 2.23. The molecule has 3 heterocycles. The van der Waals surface area contributed by atoms with Crippen molar-refractivity contribution in [2.45, 2.75) is 58.2 Å². The molecule has 0 amide bonds. The fourth-order valence-electron chi connectivity index (χ4n) is 2.87. The summed E-state index contributed by atoms with van der Waals surface area (Å²) in [6, 6.07) is 0. The maximum Gasteiger partial charge on any atom is 0.320 e. The molecule has 3 saturated heterocycles. The van der Waals surface area contributed by atoms with Gasteiger partial charge in [-0.1, -0.05) is 33.1 Å². The molecule has 3 aliphatic rings. The van der Waals surface area contributed by atoms with Crippen molar-refractivity contribution >= 4 is 11.9 Å². The Morgan fingerprint density at radius 1 is 1.00 bits per heavy atom. The molecular weight excluding hydrogens is 220 g/mol. The van der Waals surface area contributed by atoms with E-state index in [0.717, 1.165) is 12.8 Å². The van der Waals surface area contributed by atoms with Gasteiger partial charge < -0.3 is 9.47 Å². The maximum atomic E-state index is 11.1. The predicted molar refractivity (Wildman–Crippen MR) is 61.2 cm³/mol. The molecule has 0 spiro atoms. The van der Waals surface area contributed by atoms with E-state index >= 15 is 0 Å². The van der Waals surface area contributed by atoms with E-state index in [4.69, 9.17) is 4.74 Å². The summed E-state index contributed by atoms with van der Waals surface area (Å²) >= 11 is 0. The van der Waals surface area contributed by atoms with E-state index in [2.05, 4.69) is 18.6 Å². The molecule has 3 fully saturated rings. The molecule has 0 aliphatic carbocycles. The van der Waals surface area contributed by atoms with Crippen LogP contribution in [0.2, 0.25) is 0 Å². The molecule has 3 rings (SSSR count). The molecule has 4 heteroatoms. The van der Waals surface area contributed by atoms with E-state index in [-0.39, 0.29) is 36.0 Å². The Hall–Kier alpha value is -0.900. The number of cyclic esters (lactones) is 2.